The molecule has 6 heteroatoms. The first-order valence-corrected chi connectivity index (χ1v) is 9.86. The van der Waals surface area contributed by atoms with E-state index >= 15 is 0 Å². The highest BCUT2D eigenvalue weighted by molar-refractivity contribution is 5.92. The summed E-state index contributed by atoms with van der Waals surface area (Å²) in [4.78, 5) is 16.7. The number of aliphatic hydroxyl groups is 1. The van der Waals surface area contributed by atoms with Crippen molar-refractivity contribution < 1.29 is 14.6 Å². The van der Waals surface area contributed by atoms with Crippen molar-refractivity contribution in [2.75, 3.05) is 7.11 Å². The number of amides is 1. The molecule has 30 heavy (non-hydrogen) atoms. The quantitative estimate of drug-likeness (QED) is 0.564. The predicted molar refractivity (Wildman–Crippen MR) is 118 cm³/mol. The van der Waals surface area contributed by atoms with Crippen molar-refractivity contribution in [3.8, 4) is 11.4 Å². The Balaban J connectivity index is 1.68. The Morgan fingerprint density at radius 2 is 2.03 bits per heavy atom. The number of carbonyl (C=O) groups is 1. The lowest BCUT2D eigenvalue weighted by atomic mass is 10.0. The van der Waals surface area contributed by atoms with Crippen molar-refractivity contribution in [2.24, 2.45) is 0 Å². The van der Waals surface area contributed by atoms with Gasteiger partial charge in [0.15, 0.2) is 0 Å². The van der Waals surface area contributed by atoms with Crippen LogP contribution in [0.1, 0.15) is 23.7 Å². The molecule has 1 aromatic heterocycles. The number of hydrogen-bond acceptors (Lipinski definition) is 4. The predicted octanol–water partition coefficient (Wildman–Crippen LogP) is 3.31. The summed E-state index contributed by atoms with van der Waals surface area (Å²) < 4.78 is 7.40. The monoisotopic (exact) mass is 405 g/mol. The molecule has 3 rings (SSSR count). The summed E-state index contributed by atoms with van der Waals surface area (Å²) in [6.45, 7) is 3.61. The van der Waals surface area contributed by atoms with Crippen LogP contribution in [0.5, 0.6) is 5.75 Å². The smallest absolute Gasteiger partial charge is 0.244 e. The van der Waals surface area contributed by atoms with Crippen molar-refractivity contribution >= 4 is 12.0 Å². The maximum Gasteiger partial charge on any atom is 0.244 e. The molecule has 0 fully saturated rings. The Morgan fingerprint density at radius 3 is 2.67 bits per heavy atom. The van der Waals surface area contributed by atoms with Crippen LogP contribution in [0.25, 0.3) is 11.8 Å². The van der Waals surface area contributed by atoms with E-state index in [1.54, 1.807) is 26.4 Å². The lowest BCUT2D eigenvalue weighted by Gasteiger charge is -2.21. The number of hydrogen-bond donors (Lipinski definition) is 2. The molecule has 0 saturated carbocycles. The van der Waals surface area contributed by atoms with Crippen LogP contribution in [0.4, 0.5) is 0 Å². The van der Waals surface area contributed by atoms with Crippen molar-refractivity contribution in [3.63, 3.8) is 0 Å². The lowest BCUT2D eigenvalue weighted by Crippen LogP contribution is -2.42. The minimum absolute atomic E-state index is 0.259. The zero-order valence-electron chi connectivity index (χ0n) is 17.4. The molecule has 0 spiro atoms. The fraction of sp³-hybridized carbons (Fsp3) is 0.250. The van der Waals surface area contributed by atoms with Gasteiger partial charge in [-0.05, 0) is 49.6 Å². The number of ether oxygens (including phenoxy) is 1. The first kappa shape index (κ1) is 21.3. The second-order valence-corrected chi connectivity index (χ2v) is 7.23. The summed E-state index contributed by atoms with van der Waals surface area (Å²) in [5.41, 5.74) is 3.68. The molecular formula is C24H27N3O3. The van der Waals surface area contributed by atoms with Crippen LogP contribution in [0.15, 0.2) is 67.1 Å². The van der Waals surface area contributed by atoms with E-state index in [-0.39, 0.29) is 11.9 Å². The summed E-state index contributed by atoms with van der Waals surface area (Å²) in [7, 11) is 1.61. The Labute approximate surface area is 176 Å². The fourth-order valence-corrected chi connectivity index (χ4v) is 3.18. The molecule has 3 aromatic rings. The second-order valence-electron chi connectivity index (χ2n) is 7.23. The number of nitrogens with one attached hydrogen (secondary N) is 1. The molecule has 6 nitrogen and oxygen atoms in total. The molecule has 2 unspecified atom stereocenters. The van der Waals surface area contributed by atoms with Crippen molar-refractivity contribution in [1.82, 2.24) is 14.9 Å². The van der Waals surface area contributed by atoms with Gasteiger partial charge < -0.3 is 19.7 Å². The summed E-state index contributed by atoms with van der Waals surface area (Å²) in [6.07, 6.45) is 6.74. The van der Waals surface area contributed by atoms with E-state index in [0.29, 0.717) is 12.2 Å². The van der Waals surface area contributed by atoms with Crippen LogP contribution >= 0.6 is 0 Å². The molecule has 2 N–H and O–H groups in total. The Kier molecular flexibility index (Phi) is 7.03. The van der Waals surface area contributed by atoms with Crippen LogP contribution < -0.4 is 10.1 Å². The van der Waals surface area contributed by atoms with E-state index in [0.717, 1.165) is 22.5 Å². The van der Waals surface area contributed by atoms with E-state index in [1.807, 2.05) is 66.2 Å². The maximum absolute atomic E-state index is 12.4. The van der Waals surface area contributed by atoms with E-state index < -0.39 is 6.10 Å². The molecule has 1 heterocycles. The SMILES string of the molecule is COc1cc(/C=C/C(=O)NC(Cc2ccccc2)C(C)O)ccc1-n1cnc(C)c1. The van der Waals surface area contributed by atoms with Gasteiger partial charge in [0.1, 0.15) is 5.75 Å². The Hall–Kier alpha value is -3.38. The number of aryl methyl sites for hydroxylation is 1. The zero-order chi connectivity index (χ0) is 21.5. The number of imidazole rings is 1. The van der Waals surface area contributed by atoms with Crippen LogP contribution in [0.3, 0.4) is 0 Å². The number of methoxy groups -OCH3 is 1. The van der Waals surface area contributed by atoms with Gasteiger partial charge >= 0.3 is 0 Å². The average Bonchev–Trinajstić information content (AvgIpc) is 3.18. The highest BCUT2D eigenvalue weighted by Crippen LogP contribution is 2.25. The van der Waals surface area contributed by atoms with Gasteiger partial charge in [-0.15, -0.1) is 0 Å². The van der Waals surface area contributed by atoms with E-state index in [2.05, 4.69) is 10.3 Å². The normalized spacial score (nSPS) is 13.2. The first-order valence-electron chi connectivity index (χ1n) is 9.86. The number of carbonyl (C=O) groups excluding carboxylic acids is 1. The minimum atomic E-state index is -0.666. The first-order chi connectivity index (χ1) is 14.5. The molecule has 1 amide bonds. The molecule has 156 valence electrons. The maximum atomic E-state index is 12.4. The van der Waals surface area contributed by atoms with E-state index in [1.165, 1.54) is 6.08 Å². The van der Waals surface area contributed by atoms with Gasteiger partial charge in [-0.25, -0.2) is 4.98 Å². The third kappa shape index (κ3) is 5.58. The van der Waals surface area contributed by atoms with Gasteiger partial charge in [0.25, 0.3) is 0 Å². The average molecular weight is 405 g/mol. The van der Waals surface area contributed by atoms with Gasteiger partial charge in [-0.1, -0.05) is 36.4 Å². The van der Waals surface area contributed by atoms with Gasteiger partial charge in [0.05, 0.1) is 37.0 Å². The third-order valence-electron chi connectivity index (χ3n) is 4.83. The molecular weight excluding hydrogens is 378 g/mol. The molecule has 0 aliphatic carbocycles. The summed E-state index contributed by atoms with van der Waals surface area (Å²) in [5, 5.41) is 12.9. The van der Waals surface area contributed by atoms with Crippen LogP contribution in [0, 0.1) is 6.92 Å². The van der Waals surface area contributed by atoms with Gasteiger partial charge in [-0.2, -0.15) is 0 Å². The number of rotatable bonds is 8. The molecule has 0 saturated heterocycles. The van der Waals surface area contributed by atoms with Gasteiger partial charge in [0.2, 0.25) is 5.91 Å². The summed E-state index contributed by atoms with van der Waals surface area (Å²) in [5.74, 6) is 0.422. The molecule has 0 aliphatic rings. The zero-order valence-corrected chi connectivity index (χ0v) is 17.4. The topological polar surface area (TPSA) is 76.4 Å². The fourth-order valence-electron chi connectivity index (χ4n) is 3.18. The van der Waals surface area contributed by atoms with E-state index in [4.69, 9.17) is 4.74 Å². The minimum Gasteiger partial charge on any atom is -0.495 e. The summed E-state index contributed by atoms with van der Waals surface area (Å²) >= 11 is 0. The highest BCUT2D eigenvalue weighted by atomic mass is 16.5. The Morgan fingerprint density at radius 1 is 1.27 bits per heavy atom. The molecule has 2 aromatic carbocycles. The number of aliphatic hydroxyl groups excluding tert-OH is 1. The lowest BCUT2D eigenvalue weighted by molar-refractivity contribution is -0.117. The molecule has 0 aliphatic heterocycles. The van der Waals surface area contributed by atoms with Crippen molar-refractivity contribution in [2.45, 2.75) is 32.4 Å². The van der Waals surface area contributed by atoms with Crippen molar-refractivity contribution in [3.05, 3.63) is 84.0 Å². The van der Waals surface area contributed by atoms with Crippen molar-refractivity contribution in [1.29, 1.82) is 0 Å². The molecule has 0 radical (unpaired) electrons. The number of benzene rings is 2. The van der Waals surface area contributed by atoms with Crippen LogP contribution in [-0.2, 0) is 11.2 Å². The third-order valence-corrected chi connectivity index (χ3v) is 4.83. The van der Waals surface area contributed by atoms with E-state index in [9.17, 15) is 9.90 Å². The highest BCUT2D eigenvalue weighted by Gasteiger charge is 2.17. The standard InChI is InChI=1S/C24H27N3O3/c1-17-15-27(16-25-17)22-11-9-20(14-23(22)30-3)10-12-24(29)26-21(18(2)28)13-19-7-5-4-6-8-19/h4-12,14-16,18,21,28H,13H2,1-3H3,(H,26,29)/b12-10+. The van der Waals surface area contributed by atoms with Crippen LogP contribution in [0.2, 0.25) is 0 Å². The Bertz CT molecular complexity index is 1010. The number of aromatic nitrogens is 2. The molecule has 2 atom stereocenters. The molecule has 0 bridgehead atoms. The number of nitrogens with zero attached hydrogens (tertiary/aromatic N) is 2. The van der Waals surface area contributed by atoms with Gasteiger partial charge in [0, 0.05) is 12.3 Å². The van der Waals surface area contributed by atoms with Gasteiger partial charge in [-0.3, -0.25) is 4.79 Å². The largest absolute Gasteiger partial charge is 0.495 e. The summed E-state index contributed by atoms with van der Waals surface area (Å²) in [6, 6.07) is 15.1. The second kappa shape index (κ2) is 9.89. The van der Waals surface area contributed by atoms with Crippen LogP contribution in [-0.4, -0.2) is 39.8 Å².